The number of carbonyl (C=O) groups is 1. The summed E-state index contributed by atoms with van der Waals surface area (Å²) in [6, 6.07) is 15.2. The number of aromatic nitrogens is 2. The van der Waals surface area contributed by atoms with E-state index in [2.05, 4.69) is 20.6 Å². The van der Waals surface area contributed by atoms with Gasteiger partial charge in [-0.2, -0.15) is 0 Å². The molecular weight excluding hydrogens is 348 g/mol. The van der Waals surface area contributed by atoms with Crippen molar-refractivity contribution in [2.45, 2.75) is 11.6 Å². The Bertz CT molecular complexity index is 917. The third-order valence-electron chi connectivity index (χ3n) is 3.76. The third kappa shape index (κ3) is 4.23. The Morgan fingerprint density at radius 1 is 1.12 bits per heavy atom. The maximum absolute atomic E-state index is 12.2. The van der Waals surface area contributed by atoms with Crippen LogP contribution in [0, 0.1) is 0 Å². The number of fused-ring (bicyclic) bond motifs is 1. The fourth-order valence-corrected chi connectivity index (χ4v) is 3.29. The first-order valence-corrected chi connectivity index (χ1v) is 9.20. The lowest BCUT2D eigenvalue weighted by Crippen LogP contribution is -2.13. The second-order valence-corrected chi connectivity index (χ2v) is 6.53. The van der Waals surface area contributed by atoms with Crippen LogP contribution in [0.1, 0.15) is 6.42 Å². The molecule has 0 aliphatic heterocycles. The predicted octanol–water partition coefficient (Wildman–Crippen LogP) is 3.80. The summed E-state index contributed by atoms with van der Waals surface area (Å²) >= 11 is 1.46. The molecule has 6 nitrogen and oxygen atoms in total. The van der Waals surface area contributed by atoms with Gasteiger partial charge in [-0.15, -0.1) is 0 Å². The van der Waals surface area contributed by atoms with Gasteiger partial charge in [-0.25, -0.2) is 9.97 Å². The van der Waals surface area contributed by atoms with E-state index in [0.29, 0.717) is 28.8 Å². The number of ether oxygens (including phenoxy) is 1. The molecule has 0 saturated heterocycles. The number of benzene rings is 2. The molecule has 2 aromatic carbocycles. The lowest BCUT2D eigenvalue weighted by Gasteiger charge is -2.10. The molecule has 134 valence electrons. The Morgan fingerprint density at radius 3 is 2.69 bits per heavy atom. The van der Waals surface area contributed by atoms with E-state index in [-0.39, 0.29) is 5.91 Å². The van der Waals surface area contributed by atoms with Crippen molar-refractivity contribution in [3.63, 3.8) is 0 Å². The fourth-order valence-electron chi connectivity index (χ4n) is 2.51. The topological polar surface area (TPSA) is 76.1 Å². The monoisotopic (exact) mass is 368 g/mol. The molecule has 0 atom stereocenters. The highest BCUT2D eigenvalue weighted by molar-refractivity contribution is 7.99. The number of anilines is 2. The molecule has 3 rings (SSSR count). The summed E-state index contributed by atoms with van der Waals surface area (Å²) in [4.78, 5) is 21.2. The Labute approximate surface area is 156 Å². The maximum Gasteiger partial charge on any atom is 0.225 e. The van der Waals surface area contributed by atoms with Gasteiger partial charge in [-0.1, -0.05) is 36.0 Å². The highest BCUT2D eigenvalue weighted by Gasteiger charge is 2.10. The first-order chi connectivity index (χ1) is 12.7. The Morgan fingerprint density at radius 2 is 1.88 bits per heavy atom. The molecule has 7 heteroatoms. The number of nitrogens with zero attached hydrogens (tertiary/aromatic N) is 2. The number of thioether (sulfide) groups is 1. The quantitative estimate of drug-likeness (QED) is 0.488. The van der Waals surface area contributed by atoms with Gasteiger partial charge in [0.1, 0.15) is 11.6 Å². The van der Waals surface area contributed by atoms with Gasteiger partial charge in [0, 0.05) is 24.6 Å². The Balaban J connectivity index is 1.61. The van der Waals surface area contributed by atoms with Crippen LogP contribution < -0.4 is 15.4 Å². The molecule has 1 amide bonds. The van der Waals surface area contributed by atoms with Gasteiger partial charge in [-0.05, 0) is 24.3 Å². The van der Waals surface area contributed by atoms with E-state index in [1.165, 1.54) is 11.8 Å². The fraction of sp³-hybridized carbons (Fsp3) is 0.211. The Hall–Kier alpha value is -2.80. The van der Waals surface area contributed by atoms with Crippen LogP contribution in [0.3, 0.4) is 0 Å². The summed E-state index contributed by atoms with van der Waals surface area (Å²) in [7, 11) is 3.42. The van der Waals surface area contributed by atoms with Gasteiger partial charge in [-0.3, -0.25) is 4.79 Å². The molecule has 0 radical (unpaired) electrons. The normalized spacial score (nSPS) is 10.5. The van der Waals surface area contributed by atoms with E-state index >= 15 is 0 Å². The smallest absolute Gasteiger partial charge is 0.225 e. The molecule has 3 aromatic rings. The lowest BCUT2D eigenvalue weighted by atomic mass is 10.2. The molecule has 26 heavy (non-hydrogen) atoms. The Kier molecular flexibility index (Phi) is 5.91. The SMILES string of the molecule is CNc1nc(SCCC(=O)Nc2ccccc2OC)nc2ccccc12. The number of methoxy groups -OCH3 is 1. The lowest BCUT2D eigenvalue weighted by molar-refractivity contribution is -0.115. The number of rotatable bonds is 7. The average molecular weight is 368 g/mol. The molecule has 1 aromatic heterocycles. The summed E-state index contributed by atoms with van der Waals surface area (Å²) < 4.78 is 5.24. The molecule has 0 bridgehead atoms. The molecule has 2 N–H and O–H groups in total. The van der Waals surface area contributed by atoms with E-state index in [0.717, 1.165) is 16.7 Å². The van der Waals surface area contributed by atoms with Crippen molar-refractivity contribution in [3.05, 3.63) is 48.5 Å². The first-order valence-electron chi connectivity index (χ1n) is 8.21. The predicted molar refractivity (Wildman–Crippen MR) is 106 cm³/mol. The zero-order chi connectivity index (χ0) is 18.4. The van der Waals surface area contributed by atoms with Gasteiger partial charge in [0.15, 0.2) is 5.16 Å². The summed E-state index contributed by atoms with van der Waals surface area (Å²) in [5.41, 5.74) is 1.55. The molecule has 0 saturated carbocycles. The molecule has 1 heterocycles. The summed E-state index contributed by atoms with van der Waals surface area (Å²) in [5, 5.41) is 7.60. The standard InChI is InChI=1S/C19H20N4O2S/c1-20-18-13-7-3-4-8-14(13)22-19(23-18)26-12-11-17(24)21-15-9-5-6-10-16(15)25-2/h3-10H,11-12H2,1-2H3,(H,21,24)(H,20,22,23). The molecule has 0 fully saturated rings. The number of hydrogen-bond acceptors (Lipinski definition) is 6. The average Bonchev–Trinajstić information content (AvgIpc) is 2.67. The molecule has 0 aliphatic carbocycles. The van der Waals surface area contributed by atoms with E-state index < -0.39 is 0 Å². The summed E-state index contributed by atoms with van der Waals surface area (Å²) in [6.07, 6.45) is 0.355. The first kappa shape index (κ1) is 18.0. The van der Waals surface area contributed by atoms with Gasteiger partial charge in [0.05, 0.1) is 18.3 Å². The van der Waals surface area contributed by atoms with E-state index in [1.54, 1.807) is 7.11 Å². The maximum atomic E-state index is 12.2. The van der Waals surface area contributed by atoms with Crippen LogP contribution in [0.15, 0.2) is 53.7 Å². The van der Waals surface area contributed by atoms with Crippen LogP contribution in [-0.2, 0) is 4.79 Å². The van der Waals surface area contributed by atoms with Gasteiger partial charge < -0.3 is 15.4 Å². The molecular formula is C19H20N4O2S. The van der Waals surface area contributed by atoms with Crippen LogP contribution in [-0.4, -0.2) is 35.8 Å². The van der Waals surface area contributed by atoms with Crippen LogP contribution >= 0.6 is 11.8 Å². The molecule has 0 spiro atoms. The second-order valence-electron chi connectivity index (χ2n) is 5.47. The highest BCUT2D eigenvalue weighted by Crippen LogP contribution is 2.25. The minimum absolute atomic E-state index is 0.0726. The van der Waals surface area contributed by atoms with Crippen molar-refractivity contribution in [3.8, 4) is 5.75 Å². The van der Waals surface area contributed by atoms with Crippen LogP contribution in [0.2, 0.25) is 0 Å². The zero-order valence-corrected chi connectivity index (χ0v) is 15.5. The number of para-hydroxylation sites is 3. The van der Waals surface area contributed by atoms with Crippen molar-refractivity contribution in [1.29, 1.82) is 0 Å². The minimum atomic E-state index is -0.0726. The number of carbonyl (C=O) groups excluding carboxylic acids is 1. The minimum Gasteiger partial charge on any atom is -0.495 e. The van der Waals surface area contributed by atoms with Gasteiger partial charge in [0.2, 0.25) is 5.91 Å². The summed E-state index contributed by atoms with van der Waals surface area (Å²) in [5.74, 6) is 1.95. The van der Waals surface area contributed by atoms with Gasteiger partial charge >= 0.3 is 0 Å². The molecule has 0 aliphatic rings. The van der Waals surface area contributed by atoms with Crippen LogP contribution in [0.5, 0.6) is 5.75 Å². The van der Waals surface area contributed by atoms with Crippen molar-refractivity contribution in [2.24, 2.45) is 0 Å². The highest BCUT2D eigenvalue weighted by atomic mass is 32.2. The largest absolute Gasteiger partial charge is 0.495 e. The summed E-state index contributed by atoms with van der Waals surface area (Å²) in [6.45, 7) is 0. The van der Waals surface area contributed by atoms with Crippen molar-refractivity contribution in [1.82, 2.24) is 9.97 Å². The van der Waals surface area contributed by atoms with Crippen LogP contribution in [0.25, 0.3) is 10.9 Å². The van der Waals surface area contributed by atoms with E-state index in [1.807, 2.05) is 55.6 Å². The van der Waals surface area contributed by atoms with Gasteiger partial charge in [0.25, 0.3) is 0 Å². The van der Waals surface area contributed by atoms with E-state index in [9.17, 15) is 4.79 Å². The van der Waals surface area contributed by atoms with E-state index in [4.69, 9.17) is 4.74 Å². The second kappa shape index (κ2) is 8.53. The number of hydrogen-bond donors (Lipinski definition) is 2. The number of nitrogens with one attached hydrogen (secondary N) is 2. The van der Waals surface area contributed by atoms with Crippen LogP contribution in [0.4, 0.5) is 11.5 Å². The number of amides is 1. The van der Waals surface area contributed by atoms with Crippen molar-refractivity contribution >= 4 is 40.1 Å². The van der Waals surface area contributed by atoms with Crippen molar-refractivity contribution < 1.29 is 9.53 Å². The third-order valence-corrected chi connectivity index (χ3v) is 4.61. The molecule has 0 unspecified atom stereocenters. The zero-order valence-electron chi connectivity index (χ0n) is 14.7. The van der Waals surface area contributed by atoms with Crippen molar-refractivity contribution in [2.75, 3.05) is 30.5 Å².